The van der Waals surface area contributed by atoms with Crippen molar-refractivity contribution in [3.63, 3.8) is 0 Å². The Morgan fingerprint density at radius 1 is 0.838 bits per heavy atom. The lowest BCUT2D eigenvalue weighted by Crippen LogP contribution is -2.58. The highest BCUT2D eigenvalue weighted by Crippen LogP contribution is 2.05. The third kappa shape index (κ3) is 11.6. The second-order valence-corrected chi connectivity index (χ2v) is 7.94. The molecule has 1 heterocycles. The Kier molecular flexibility index (Phi) is 12.2. The number of aromatic amines is 1. The number of amides is 4. The van der Waals surface area contributed by atoms with E-state index in [1.165, 1.54) is 12.5 Å². The summed E-state index contributed by atoms with van der Waals surface area (Å²) in [6.45, 7) is 0. The Labute approximate surface area is 209 Å². The van der Waals surface area contributed by atoms with E-state index in [4.69, 9.17) is 21.7 Å². The van der Waals surface area contributed by atoms with Crippen molar-refractivity contribution >= 4 is 41.5 Å². The molecule has 0 bridgehead atoms. The minimum absolute atomic E-state index is 0.224. The number of primary amides is 1. The van der Waals surface area contributed by atoms with Crippen molar-refractivity contribution in [1.29, 1.82) is 0 Å². The topological polar surface area (TPSA) is 297 Å². The van der Waals surface area contributed by atoms with Crippen LogP contribution in [0.3, 0.4) is 0 Å². The smallest absolute Gasteiger partial charge is 0.326 e. The molecule has 0 spiro atoms. The van der Waals surface area contributed by atoms with E-state index in [9.17, 15) is 38.7 Å². The maximum absolute atomic E-state index is 13.0. The molecular weight excluding hydrogens is 498 g/mol. The molecule has 37 heavy (non-hydrogen) atoms. The maximum Gasteiger partial charge on any atom is 0.326 e. The summed E-state index contributed by atoms with van der Waals surface area (Å²) < 4.78 is 0. The molecule has 204 valence electrons. The molecule has 1 aromatic heterocycles. The highest BCUT2D eigenvalue weighted by molar-refractivity contribution is 5.95. The summed E-state index contributed by atoms with van der Waals surface area (Å²) in [5, 5.41) is 33.6. The molecular formula is C20H29N7O10. The number of carbonyl (C=O) groups excluding carboxylic acids is 4. The van der Waals surface area contributed by atoms with Gasteiger partial charge in [-0.1, -0.05) is 0 Å². The number of aromatic nitrogens is 2. The number of H-pyrrole nitrogens is 1. The van der Waals surface area contributed by atoms with Crippen LogP contribution in [0.5, 0.6) is 0 Å². The molecule has 0 fully saturated rings. The Morgan fingerprint density at radius 2 is 1.38 bits per heavy atom. The second kappa shape index (κ2) is 14.8. The summed E-state index contributed by atoms with van der Waals surface area (Å²) in [6.07, 6.45) is 0.0217. The van der Waals surface area contributed by atoms with Gasteiger partial charge >= 0.3 is 17.9 Å². The maximum atomic E-state index is 13.0. The number of hydrogen-bond donors (Lipinski definition) is 9. The van der Waals surface area contributed by atoms with Crippen molar-refractivity contribution in [2.24, 2.45) is 11.5 Å². The van der Waals surface area contributed by atoms with Gasteiger partial charge in [0.2, 0.25) is 23.6 Å². The molecule has 17 nitrogen and oxygen atoms in total. The summed E-state index contributed by atoms with van der Waals surface area (Å²) in [7, 11) is 0. The van der Waals surface area contributed by atoms with Crippen molar-refractivity contribution in [2.75, 3.05) is 0 Å². The standard InChI is InChI=1S/C20H29N7O10/c21-10(1-3-15(29)30)17(33)25-11(2-4-16(31)32)18(34)26-12(5-9-7-23-8-24-9)19(35)27-13(20(36)37)6-14(22)28/h7-8,10-13H,1-6,21H2,(H2,22,28)(H,23,24)(H,25,33)(H,26,34)(H,27,35)(H,29,30)(H,31,32)(H,36,37). The summed E-state index contributed by atoms with van der Waals surface area (Å²) in [6, 6.07) is -5.95. The van der Waals surface area contributed by atoms with Gasteiger partial charge in [-0.2, -0.15) is 0 Å². The summed E-state index contributed by atoms with van der Waals surface area (Å²) in [5.41, 5.74) is 11.0. The van der Waals surface area contributed by atoms with Gasteiger partial charge in [-0.05, 0) is 12.8 Å². The molecule has 0 aliphatic carbocycles. The van der Waals surface area contributed by atoms with E-state index in [0.29, 0.717) is 5.69 Å². The fourth-order valence-corrected chi connectivity index (χ4v) is 3.00. The van der Waals surface area contributed by atoms with Crippen LogP contribution in [-0.2, 0) is 40.0 Å². The monoisotopic (exact) mass is 527 g/mol. The number of hydrogen-bond acceptors (Lipinski definition) is 9. The van der Waals surface area contributed by atoms with Gasteiger partial charge in [0.15, 0.2) is 0 Å². The minimum Gasteiger partial charge on any atom is -0.481 e. The molecule has 1 rings (SSSR count). The molecule has 1 aromatic rings. The fourth-order valence-electron chi connectivity index (χ4n) is 3.00. The van der Waals surface area contributed by atoms with Crippen LogP contribution in [-0.4, -0.2) is 91.0 Å². The van der Waals surface area contributed by atoms with Crippen LogP contribution in [0.4, 0.5) is 0 Å². The van der Waals surface area contributed by atoms with Gasteiger partial charge in [-0.3, -0.25) is 28.8 Å². The van der Waals surface area contributed by atoms with E-state index < -0.39 is 91.4 Å². The van der Waals surface area contributed by atoms with Crippen molar-refractivity contribution in [1.82, 2.24) is 25.9 Å². The Hall–Kier alpha value is -4.54. The van der Waals surface area contributed by atoms with Gasteiger partial charge in [0.05, 0.1) is 18.8 Å². The average molecular weight is 527 g/mol. The predicted molar refractivity (Wildman–Crippen MR) is 121 cm³/mol. The first kappa shape index (κ1) is 30.5. The normalized spacial score (nSPS) is 13.9. The lowest BCUT2D eigenvalue weighted by molar-refractivity contribution is -0.143. The van der Waals surface area contributed by atoms with Gasteiger partial charge in [-0.15, -0.1) is 0 Å². The molecule has 0 aliphatic rings. The summed E-state index contributed by atoms with van der Waals surface area (Å²) in [5.74, 6) is -7.98. The molecule has 0 saturated carbocycles. The first-order valence-corrected chi connectivity index (χ1v) is 10.9. The zero-order valence-corrected chi connectivity index (χ0v) is 19.5. The number of carboxylic acid groups (broad SMARTS) is 3. The first-order valence-electron chi connectivity index (χ1n) is 10.9. The fraction of sp³-hybridized carbons (Fsp3) is 0.500. The SMILES string of the molecule is NC(=O)CC(NC(=O)C(Cc1cnc[nH]1)NC(=O)C(CCC(=O)O)NC(=O)C(N)CCC(=O)O)C(=O)O. The van der Waals surface area contributed by atoms with E-state index >= 15 is 0 Å². The Balaban J connectivity index is 3.08. The Morgan fingerprint density at radius 3 is 1.89 bits per heavy atom. The molecule has 4 atom stereocenters. The minimum atomic E-state index is -1.69. The van der Waals surface area contributed by atoms with Gasteiger partial charge < -0.3 is 47.7 Å². The highest BCUT2D eigenvalue weighted by atomic mass is 16.4. The number of nitrogens with one attached hydrogen (secondary N) is 4. The molecule has 11 N–H and O–H groups in total. The highest BCUT2D eigenvalue weighted by Gasteiger charge is 2.31. The summed E-state index contributed by atoms with van der Waals surface area (Å²) in [4.78, 5) is 88.9. The number of nitrogens with zero attached hydrogens (tertiary/aromatic N) is 1. The zero-order chi connectivity index (χ0) is 28.1. The van der Waals surface area contributed by atoms with E-state index in [-0.39, 0.29) is 12.8 Å². The third-order valence-corrected chi connectivity index (χ3v) is 4.92. The average Bonchev–Trinajstić information content (AvgIpc) is 3.31. The molecule has 4 amide bonds. The molecule has 0 aromatic carbocycles. The number of aliphatic carboxylic acids is 3. The summed E-state index contributed by atoms with van der Waals surface area (Å²) >= 11 is 0. The van der Waals surface area contributed by atoms with Crippen molar-refractivity contribution in [3.05, 3.63) is 18.2 Å². The molecule has 0 saturated heterocycles. The van der Waals surface area contributed by atoms with E-state index in [0.717, 1.165) is 0 Å². The number of rotatable bonds is 17. The van der Waals surface area contributed by atoms with Crippen LogP contribution in [0.2, 0.25) is 0 Å². The number of carboxylic acids is 3. The van der Waals surface area contributed by atoms with Crippen LogP contribution < -0.4 is 27.4 Å². The lowest BCUT2D eigenvalue weighted by atomic mass is 10.1. The second-order valence-electron chi connectivity index (χ2n) is 7.94. The van der Waals surface area contributed by atoms with E-state index in [1.54, 1.807) is 0 Å². The van der Waals surface area contributed by atoms with Gasteiger partial charge in [0.25, 0.3) is 0 Å². The van der Waals surface area contributed by atoms with Crippen molar-refractivity contribution < 1.29 is 48.9 Å². The molecule has 0 radical (unpaired) electrons. The number of carbonyl (C=O) groups is 7. The first-order chi connectivity index (χ1) is 17.3. The molecule has 4 unspecified atom stereocenters. The van der Waals surface area contributed by atoms with Gasteiger partial charge in [0, 0.05) is 31.2 Å². The number of nitrogens with two attached hydrogens (primary N) is 2. The largest absolute Gasteiger partial charge is 0.481 e. The quantitative estimate of drug-likeness (QED) is 0.0950. The van der Waals surface area contributed by atoms with Crippen LogP contribution in [0.15, 0.2) is 12.5 Å². The van der Waals surface area contributed by atoms with Crippen molar-refractivity contribution in [2.45, 2.75) is 62.7 Å². The van der Waals surface area contributed by atoms with E-state index in [1.807, 2.05) is 0 Å². The third-order valence-electron chi connectivity index (χ3n) is 4.92. The zero-order valence-electron chi connectivity index (χ0n) is 19.5. The van der Waals surface area contributed by atoms with Gasteiger partial charge in [0.1, 0.15) is 18.1 Å². The Bertz CT molecular complexity index is 998. The number of imidazole rings is 1. The van der Waals surface area contributed by atoms with Crippen LogP contribution in [0.25, 0.3) is 0 Å². The lowest BCUT2D eigenvalue weighted by Gasteiger charge is -2.24. The van der Waals surface area contributed by atoms with Crippen LogP contribution >= 0.6 is 0 Å². The molecule has 0 aliphatic heterocycles. The van der Waals surface area contributed by atoms with Crippen molar-refractivity contribution in [3.8, 4) is 0 Å². The predicted octanol–water partition coefficient (Wildman–Crippen LogP) is -3.58. The van der Waals surface area contributed by atoms with Crippen LogP contribution in [0, 0.1) is 0 Å². The van der Waals surface area contributed by atoms with E-state index in [2.05, 4.69) is 25.9 Å². The van der Waals surface area contributed by atoms with Crippen LogP contribution in [0.1, 0.15) is 37.8 Å². The molecule has 17 heteroatoms. The van der Waals surface area contributed by atoms with Gasteiger partial charge in [-0.25, -0.2) is 9.78 Å².